The molecule has 1 aromatic rings. The van der Waals surface area contributed by atoms with Crippen LogP contribution in [0, 0.1) is 19.3 Å². The smallest absolute Gasteiger partial charge is 0.122 e. The van der Waals surface area contributed by atoms with Crippen molar-refractivity contribution in [3.05, 3.63) is 29.3 Å². The quantitative estimate of drug-likeness (QED) is 0.608. The van der Waals surface area contributed by atoms with Crippen LogP contribution in [-0.4, -0.2) is 12.2 Å². The third-order valence-electron chi connectivity index (χ3n) is 2.62. The molecule has 0 radical (unpaired) electrons. The molecule has 0 aliphatic heterocycles. The fourth-order valence-corrected chi connectivity index (χ4v) is 1.61. The molecule has 0 aromatic heterocycles. The van der Waals surface area contributed by atoms with Crippen LogP contribution >= 0.6 is 0 Å². The number of aliphatic hydroxyl groups is 1. The first kappa shape index (κ1) is 12.6. The van der Waals surface area contributed by atoms with Gasteiger partial charge < -0.3 is 9.84 Å². The van der Waals surface area contributed by atoms with Gasteiger partial charge in [-0.05, 0) is 37.0 Å². The molecule has 1 aromatic carbocycles. The second-order valence-electron chi connectivity index (χ2n) is 3.84. The Labute approximate surface area is 97.3 Å². The molecule has 0 aliphatic rings. The van der Waals surface area contributed by atoms with Crippen molar-refractivity contribution in [2.45, 2.75) is 32.3 Å². The van der Waals surface area contributed by atoms with Gasteiger partial charge >= 0.3 is 0 Å². The second-order valence-corrected chi connectivity index (χ2v) is 3.84. The third-order valence-corrected chi connectivity index (χ3v) is 2.62. The van der Waals surface area contributed by atoms with Gasteiger partial charge in [-0.25, -0.2) is 0 Å². The number of aryl methyl sites for hydroxylation is 1. The summed E-state index contributed by atoms with van der Waals surface area (Å²) in [5.74, 6) is 3.38. The summed E-state index contributed by atoms with van der Waals surface area (Å²) >= 11 is 0. The van der Waals surface area contributed by atoms with Gasteiger partial charge in [0.2, 0.25) is 0 Å². The zero-order valence-electron chi connectivity index (χ0n) is 9.86. The predicted octanol–water partition coefficient (Wildman–Crippen LogP) is 2.84. The Kier molecular flexibility index (Phi) is 4.88. The highest BCUT2D eigenvalue weighted by atomic mass is 16.5. The van der Waals surface area contributed by atoms with Crippen molar-refractivity contribution in [2.24, 2.45) is 0 Å². The van der Waals surface area contributed by atoms with Gasteiger partial charge in [-0.1, -0.05) is 12.1 Å². The zero-order valence-corrected chi connectivity index (χ0v) is 9.86. The maximum Gasteiger partial charge on any atom is 0.122 e. The van der Waals surface area contributed by atoms with E-state index in [9.17, 15) is 5.11 Å². The van der Waals surface area contributed by atoms with Gasteiger partial charge in [0.25, 0.3) is 0 Å². The summed E-state index contributed by atoms with van der Waals surface area (Å²) in [6, 6.07) is 5.77. The van der Waals surface area contributed by atoms with Crippen LogP contribution in [0.3, 0.4) is 0 Å². The molecule has 0 saturated heterocycles. The highest BCUT2D eigenvalue weighted by Gasteiger charge is 2.09. The summed E-state index contributed by atoms with van der Waals surface area (Å²) in [4.78, 5) is 0. The molecule has 1 atom stereocenters. The molecule has 0 saturated carbocycles. The molecule has 16 heavy (non-hydrogen) atoms. The SMILES string of the molecule is C#CCCCC(O)c1ccc(C)c(OC)c1. The van der Waals surface area contributed by atoms with Gasteiger partial charge in [0, 0.05) is 6.42 Å². The largest absolute Gasteiger partial charge is 0.496 e. The number of ether oxygens (including phenoxy) is 1. The first-order valence-electron chi connectivity index (χ1n) is 5.45. The average Bonchev–Trinajstić information content (AvgIpc) is 2.30. The van der Waals surface area contributed by atoms with E-state index in [1.807, 2.05) is 25.1 Å². The molecule has 1 rings (SSSR count). The number of unbranched alkanes of at least 4 members (excludes halogenated alkanes) is 1. The summed E-state index contributed by atoms with van der Waals surface area (Å²) in [6.45, 7) is 1.98. The Morgan fingerprint density at radius 3 is 2.88 bits per heavy atom. The van der Waals surface area contributed by atoms with E-state index in [1.165, 1.54) is 0 Å². The number of hydrogen-bond donors (Lipinski definition) is 1. The molecule has 0 heterocycles. The van der Waals surface area contributed by atoms with E-state index in [2.05, 4.69) is 5.92 Å². The normalized spacial score (nSPS) is 11.9. The predicted molar refractivity (Wildman–Crippen MR) is 65.4 cm³/mol. The Bertz CT molecular complexity index is 377. The Morgan fingerprint density at radius 1 is 1.50 bits per heavy atom. The maximum atomic E-state index is 9.93. The number of benzene rings is 1. The first-order valence-corrected chi connectivity index (χ1v) is 5.45. The monoisotopic (exact) mass is 218 g/mol. The fourth-order valence-electron chi connectivity index (χ4n) is 1.61. The highest BCUT2D eigenvalue weighted by molar-refractivity contribution is 5.37. The van der Waals surface area contributed by atoms with Crippen molar-refractivity contribution in [3.8, 4) is 18.1 Å². The summed E-state index contributed by atoms with van der Waals surface area (Å²) in [7, 11) is 1.64. The first-order chi connectivity index (χ1) is 7.69. The van der Waals surface area contributed by atoms with Gasteiger partial charge in [0.15, 0.2) is 0 Å². The number of aliphatic hydroxyl groups excluding tert-OH is 1. The molecule has 0 amide bonds. The summed E-state index contributed by atoms with van der Waals surface area (Å²) in [5, 5.41) is 9.93. The minimum Gasteiger partial charge on any atom is -0.496 e. The second kappa shape index (κ2) is 6.19. The highest BCUT2D eigenvalue weighted by Crippen LogP contribution is 2.25. The van der Waals surface area contributed by atoms with Crippen LogP contribution in [-0.2, 0) is 0 Å². The van der Waals surface area contributed by atoms with Crippen molar-refractivity contribution < 1.29 is 9.84 Å². The molecular formula is C14H18O2. The van der Waals surface area contributed by atoms with Crippen LogP contribution in [0.15, 0.2) is 18.2 Å². The van der Waals surface area contributed by atoms with Crippen molar-refractivity contribution in [3.63, 3.8) is 0 Å². The van der Waals surface area contributed by atoms with Gasteiger partial charge in [-0.15, -0.1) is 12.3 Å². The zero-order chi connectivity index (χ0) is 12.0. The molecule has 2 nitrogen and oxygen atoms in total. The standard InChI is InChI=1S/C14H18O2/c1-4-5-6-7-13(15)12-9-8-11(2)14(10-12)16-3/h1,8-10,13,15H,5-7H2,2-3H3. The van der Waals surface area contributed by atoms with Gasteiger partial charge in [0.1, 0.15) is 5.75 Å². The molecule has 2 heteroatoms. The number of methoxy groups -OCH3 is 1. The Hall–Kier alpha value is -1.46. The van der Waals surface area contributed by atoms with Crippen LogP contribution in [0.5, 0.6) is 5.75 Å². The maximum absolute atomic E-state index is 9.93. The summed E-state index contributed by atoms with van der Waals surface area (Å²) in [5.41, 5.74) is 1.96. The molecule has 0 bridgehead atoms. The lowest BCUT2D eigenvalue weighted by Gasteiger charge is -2.12. The third kappa shape index (κ3) is 3.29. The van der Waals surface area contributed by atoms with Crippen LogP contribution in [0.2, 0.25) is 0 Å². The van der Waals surface area contributed by atoms with E-state index in [1.54, 1.807) is 7.11 Å². The van der Waals surface area contributed by atoms with Gasteiger partial charge in [-0.2, -0.15) is 0 Å². The van der Waals surface area contributed by atoms with Gasteiger partial charge in [0.05, 0.1) is 13.2 Å². The molecule has 86 valence electrons. The van der Waals surface area contributed by atoms with E-state index >= 15 is 0 Å². The van der Waals surface area contributed by atoms with E-state index < -0.39 is 6.10 Å². The van der Waals surface area contributed by atoms with Crippen molar-refractivity contribution >= 4 is 0 Å². The van der Waals surface area contributed by atoms with Crippen molar-refractivity contribution in [1.82, 2.24) is 0 Å². The fraction of sp³-hybridized carbons (Fsp3) is 0.429. The lowest BCUT2D eigenvalue weighted by atomic mass is 10.0. The van der Waals surface area contributed by atoms with Crippen LogP contribution in [0.1, 0.15) is 36.5 Å². The topological polar surface area (TPSA) is 29.5 Å². The Morgan fingerprint density at radius 2 is 2.25 bits per heavy atom. The van der Waals surface area contributed by atoms with Crippen LogP contribution in [0.25, 0.3) is 0 Å². The number of hydrogen-bond acceptors (Lipinski definition) is 2. The van der Waals surface area contributed by atoms with E-state index in [4.69, 9.17) is 11.2 Å². The number of rotatable bonds is 5. The molecule has 1 unspecified atom stereocenters. The van der Waals surface area contributed by atoms with E-state index in [0.717, 1.165) is 23.3 Å². The van der Waals surface area contributed by atoms with Crippen LogP contribution < -0.4 is 4.74 Å². The molecule has 0 aliphatic carbocycles. The minimum absolute atomic E-state index is 0.456. The summed E-state index contributed by atoms with van der Waals surface area (Å²) < 4.78 is 5.22. The molecular weight excluding hydrogens is 200 g/mol. The molecule has 0 spiro atoms. The average molecular weight is 218 g/mol. The van der Waals surface area contributed by atoms with Crippen molar-refractivity contribution in [2.75, 3.05) is 7.11 Å². The molecule has 0 fully saturated rings. The van der Waals surface area contributed by atoms with E-state index in [0.29, 0.717) is 12.8 Å². The van der Waals surface area contributed by atoms with E-state index in [-0.39, 0.29) is 0 Å². The van der Waals surface area contributed by atoms with Crippen LogP contribution in [0.4, 0.5) is 0 Å². The lowest BCUT2D eigenvalue weighted by Crippen LogP contribution is -1.98. The minimum atomic E-state index is -0.456. The lowest BCUT2D eigenvalue weighted by molar-refractivity contribution is 0.165. The van der Waals surface area contributed by atoms with Gasteiger partial charge in [-0.3, -0.25) is 0 Å². The molecule has 1 N–H and O–H groups in total. The van der Waals surface area contributed by atoms with Crippen molar-refractivity contribution in [1.29, 1.82) is 0 Å². The number of terminal acetylenes is 1. The summed E-state index contributed by atoms with van der Waals surface area (Å²) in [6.07, 6.45) is 6.95. The Balaban J connectivity index is 2.69.